The molecule has 0 spiro atoms. The van der Waals surface area contributed by atoms with E-state index in [2.05, 4.69) is 5.32 Å². The molecule has 0 aromatic heterocycles. The number of hydrogen-bond acceptors (Lipinski definition) is 4. The zero-order valence-corrected chi connectivity index (χ0v) is 9.23. The smallest absolute Gasteiger partial charge is 0.211 e. The van der Waals surface area contributed by atoms with Gasteiger partial charge in [-0.3, -0.25) is 0 Å². The molecule has 2 heterocycles. The Hall–Kier alpha value is -1.10. The van der Waals surface area contributed by atoms with Crippen LogP contribution in [-0.4, -0.2) is 32.9 Å². The van der Waals surface area contributed by atoms with Crippen LogP contribution in [0.4, 0.5) is 0 Å². The molecule has 2 aliphatic rings. The van der Waals surface area contributed by atoms with Gasteiger partial charge in [0.25, 0.3) is 0 Å². The topological polar surface area (TPSA) is 39.7 Å². The minimum Gasteiger partial charge on any atom is -0.496 e. The van der Waals surface area contributed by atoms with E-state index in [1.807, 2.05) is 24.3 Å². The molecule has 0 saturated carbocycles. The average molecular weight is 221 g/mol. The maximum Gasteiger partial charge on any atom is 0.211 e. The summed E-state index contributed by atoms with van der Waals surface area (Å²) in [5, 5.41) is 3.33. The molecule has 0 aliphatic carbocycles. The van der Waals surface area contributed by atoms with Crippen molar-refractivity contribution in [1.29, 1.82) is 0 Å². The van der Waals surface area contributed by atoms with Gasteiger partial charge in [-0.05, 0) is 12.1 Å². The first-order valence-corrected chi connectivity index (χ1v) is 5.50. The van der Waals surface area contributed by atoms with E-state index in [9.17, 15) is 0 Å². The number of nitrogens with one attached hydrogen (secondary N) is 1. The van der Waals surface area contributed by atoms with Crippen molar-refractivity contribution in [2.45, 2.75) is 11.9 Å². The van der Waals surface area contributed by atoms with Gasteiger partial charge in [-0.15, -0.1) is 0 Å². The number of morpholine rings is 1. The monoisotopic (exact) mass is 221 g/mol. The zero-order valence-electron chi connectivity index (χ0n) is 9.23. The molecule has 86 valence electrons. The molecule has 2 atom stereocenters. The fraction of sp³-hybridized carbons (Fsp3) is 0.500. The van der Waals surface area contributed by atoms with Crippen molar-refractivity contribution in [3.05, 3.63) is 29.8 Å². The number of ether oxygens (including phenoxy) is 3. The molecule has 2 saturated heterocycles. The SMILES string of the molecule is COc1ccccc1C12CNCC(CO1)O2. The second-order valence-corrected chi connectivity index (χ2v) is 4.13. The highest BCUT2D eigenvalue weighted by molar-refractivity contribution is 5.38. The maximum absolute atomic E-state index is 5.95. The van der Waals surface area contributed by atoms with Crippen LogP contribution in [0.25, 0.3) is 0 Å². The highest BCUT2D eigenvalue weighted by Gasteiger charge is 2.47. The summed E-state index contributed by atoms with van der Waals surface area (Å²) in [6.07, 6.45) is 0.152. The van der Waals surface area contributed by atoms with E-state index in [4.69, 9.17) is 14.2 Å². The van der Waals surface area contributed by atoms with Gasteiger partial charge in [-0.25, -0.2) is 0 Å². The molecule has 1 aromatic carbocycles. The Balaban J connectivity index is 2.02. The third-order valence-electron chi connectivity index (χ3n) is 3.11. The standard InChI is InChI=1S/C12H15NO3/c1-14-11-5-3-2-4-10(11)12-8-13-6-9(16-12)7-15-12/h2-5,9,13H,6-8H2,1H3. The molecule has 2 unspecified atom stereocenters. The molecule has 3 rings (SSSR count). The van der Waals surface area contributed by atoms with Crippen LogP contribution in [0.2, 0.25) is 0 Å². The van der Waals surface area contributed by atoms with Crippen LogP contribution in [0.1, 0.15) is 5.56 Å². The first-order valence-electron chi connectivity index (χ1n) is 5.50. The van der Waals surface area contributed by atoms with Crippen molar-refractivity contribution in [2.75, 3.05) is 26.8 Å². The predicted molar refractivity (Wildman–Crippen MR) is 58.4 cm³/mol. The summed E-state index contributed by atoms with van der Waals surface area (Å²) < 4.78 is 17.1. The highest BCUT2D eigenvalue weighted by Crippen LogP contribution is 2.40. The average Bonchev–Trinajstić information content (AvgIpc) is 2.66. The lowest BCUT2D eigenvalue weighted by Gasteiger charge is -2.33. The molecule has 1 N–H and O–H groups in total. The van der Waals surface area contributed by atoms with Crippen molar-refractivity contribution in [2.24, 2.45) is 0 Å². The van der Waals surface area contributed by atoms with E-state index < -0.39 is 5.79 Å². The number of para-hydroxylation sites is 1. The van der Waals surface area contributed by atoms with E-state index in [-0.39, 0.29) is 6.10 Å². The van der Waals surface area contributed by atoms with E-state index in [1.54, 1.807) is 7.11 Å². The molecule has 4 heteroatoms. The lowest BCUT2D eigenvalue weighted by Crippen LogP contribution is -2.46. The van der Waals surface area contributed by atoms with Gasteiger partial charge in [0, 0.05) is 6.54 Å². The second-order valence-electron chi connectivity index (χ2n) is 4.13. The van der Waals surface area contributed by atoms with Gasteiger partial charge in [-0.2, -0.15) is 0 Å². The molecule has 2 fully saturated rings. The first kappa shape index (κ1) is 10.1. The fourth-order valence-corrected chi connectivity index (χ4v) is 2.35. The molecular weight excluding hydrogens is 206 g/mol. The minimum atomic E-state index is -0.657. The summed E-state index contributed by atoms with van der Waals surface area (Å²) in [5.41, 5.74) is 0.965. The van der Waals surface area contributed by atoms with Crippen LogP contribution < -0.4 is 10.1 Å². The van der Waals surface area contributed by atoms with Crippen molar-refractivity contribution < 1.29 is 14.2 Å². The van der Waals surface area contributed by atoms with E-state index >= 15 is 0 Å². The van der Waals surface area contributed by atoms with Gasteiger partial charge in [-0.1, -0.05) is 12.1 Å². The number of fused-ring (bicyclic) bond motifs is 2. The van der Waals surface area contributed by atoms with Gasteiger partial charge >= 0.3 is 0 Å². The Bertz CT molecular complexity index is 392. The van der Waals surface area contributed by atoms with Crippen molar-refractivity contribution in [1.82, 2.24) is 5.32 Å². The van der Waals surface area contributed by atoms with E-state index in [0.29, 0.717) is 13.2 Å². The quantitative estimate of drug-likeness (QED) is 0.804. The van der Waals surface area contributed by atoms with E-state index in [0.717, 1.165) is 17.9 Å². The summed E-state index contributed by atoms with van der Waals surface area (Å²) in [6.45, 7) is 2.17. The van der Waals surface area contributed by atoms with Crippen LogP contribution in [-0.2, 0) is 15.3 Å². The van der Waals surface area contributed by atoms with Gasteiger partial charge in [0.2, 0.25) is 5.79 Å². The Morgan fingerprint density at radius 3 is 3.19 bits per heavy atom. The highest BCUT2D eigenvalue weighted by atomic mass is 16.7. The molecule has 0 amide bonds. The van der Waals surface area contributed by atoms with Crippen LogP contribution in [0.3, 0.4) is 0 Å². The van der Waals surface area contributed by atoms with Gasteiger partial charge in [0.1, 0.15) is 5.75 Å². The Labute approximate surface area is 94.5 Å². The van der Waals surface area contributed by atoms with Crippen LogP contribution in [0.5, 0.6) is 5.75 Å². The first-order chi connectivity index (χ1) is 7.84. The fourth-order valence-electron chi connectivity index (χ4n) is 2.35. The Morgan fingerprint density at radius 1 is 1.44 bits per heavy atom. The van der Waals surface area contributed by atoms with Gasteiger partial charge < -0.3 is 19.5 Å². The molecule has 4 nitrogen and oxygen atoms in total. The number of methoxy groups -OCH3 is 1. The minimum absolute atomic E-state index is 0.152. The summed E-state index contributed by atoms with van der Waals surface area (Å²) >= 11 is 0. The molecule has 2 aliphatic heterocycles. The number of benzene rings is 1. The normalized spacial score (nSPS) is 32.7. The predicted octanol–water partition coefficient (Wildman–Crippen LogP) is 0.867. The summed E-state index contributed by atoms with van der Waals surface area (Å²) in [5.74, 6) is 0.155. The van der Waals surface area contributed by atoms with Crippen LogP contribution in [0, 0.1) is 0 Å². The maximum atomic E-state index is 5.95. The van der Waals surface area contributed by atoms with Crippen molar-refractivity contribution >= 4 is 0 Å². The summed E-state index contributed by atoms with van der Waals surface area (Å²) in [7, 11) is 1.66. The number of rotatable bonds is 2. The summed E-state index contributed by atoms with van der Waals surface area (Å²) in [4.78, 5) is 0. The third kappa shape index (κ3) is 1.42. The van der Waals surface area contributed by atoms with Crippen LogP contribution >= 0.6 is 0 Å². The van der Waals surface area contributed by atoms with Crippen LogP contribution in [0.15, 0.2) is 24.3 Å². The largest absolute Gasteiger partial charge is 0.496 e. The third-order valence-corrected chi connectivity index (χ3v) is 3.11. The lowest BCUT2D eigenvalue weighted by atomic mass is 10.0. The van der Waals surface area contributed by atoms with Gasteiger partial charge in [0.15, 0.2) is 0 Å². The molecule has 16 heavy (non-hydrogen) atoms. The van der Waals surface area contributed by atoms with E-state index in [1.165, 1.54) is 0 Å². The van der Waals surface area contributed by atoms with Crippen molar-refractivity contribution in [3.8, 4) is 5.75 Å². The molecule has 2 bridgehead atoms. The molecule has 1 aromatic rings. The summed E-state index contributed by atoms with van der Waals surface area (Å²) in [6, 6.07) is 7.84. The lowest BCUT2D eigenvalue weighted by molar-refractivity contribution is -0.186. The Morgan fingerprint density at radius 2 is 2.31 bits per heavy atom. The zero-order chi connectivity index (χ0) is 11.0. The molecule has 0 radical (unpaired) electrons. The van der Waals surface area contributed by atoms with Crippen molar-refractivity contribution in [3.63, 3.8) is 0 Å². The van der Waals surface area contributed by atoms with Gasteiger partial charge in [0.05, 0.1) is 31.9 Å². The number of hydrogen-bond donors (Lipinski definition) is 1. The molecular formula is C12H15NO3. The second kappa shape index (κ2) is 3.73. The Kier molecular flexibility index (Phi) is 2.35.